The Morgan fingerprint density at radius 1 is 1.00 bits per heavy atom. The quantitative estimate of drug-likeness (QED) is 0.443. The molecule has 2 aromatic carbocycles. The Kier molecular flexibility index (Phi) is 5.31. The van der Waals surface area contributed by atoms with Crippen LogP contribution in [0.15, 0.2) is 54.6 Å². The lowest BCUT2D eigenvalue weighted by Gasteiger charge is -2.22. The Bertz CT molecular complexity index is 603. The second kappa shape index (κ2) is 7.20. The first-order valence-corrected chi connectivity index (χ1v) is 7.06. The van der Waals surface area contributed by atoms with E-state index in [2.05, 4.69) is 0 Å². The minimum Gasteiger partial charge on any atom is -0.497 e. The molecule has 2 rings (SSSR count). The molecule has 0 bridgehead atoms. The van der Waals surface area contributed by atoms with Gasteiger partial charge in [0.15, 0.2) is 11.4 Å². The Hall–Kier alpha value is -2.17. The molecule has 0 radical (unpaired) electrons. The van der Waals surface area contributed by atoms with Crippen LogP contribution in [0.2, 0.25) is 0 Å². The maximum Gasteiger partial charge on any atom is 0.197 e. The van der Waals surface area contributed by atoms with E-state index in [1.54, 1.807) is 33.1 Å². The second-order valence-electron chi connectivity index (χ2n) is 5.40. The van der Waals surface area contributed by atoms with Crippen LogP contribution in [-0.4, -0.2) is 18.5 Å². The number of ether oxygens (including phenoxy) is 1. The van der Waals surface area contributed by atoms with Gasteiger partial charge in [-0.25, -0.2) is 9.78 Å². The van der Waals surface area contributed by atoms with Crippen LogP contribution in [0.1, 0.15) is 29.8 Å². The summed E-state index contributed by atoms with van der Waals surface area (Å²) in [5.41, 5.74) is 0.484. The summed E-state index contributed by atoms with van der Waals surface area (Å²) in [5, 5.41) is 0. The van der Waals surface area contributed by atoms with Gasteiger partial charge in [-0.2, -0.15) is 0 Å². The van der Waals surface area contributed by atoms with Crippen molar-refractivity contribution in [3.63, 3.8) is 0 Å². The van der Waals surface area contributed by atoms with Crippen LogP contribution in [0.5, 0.6) is 5.75 Å². The summed E-state index contributed by atoms with van der Waals surface area (Å²) in [7, 11) is 1.62. The maximum absolute atomic E-state index is 12.4. The molecule has 116 valence electrons. The predicted molar refractivity (Wildman–Crippen MR) is 83.7 cm³/mol. The van der Waals surface area contributed by atoms with Crippen LogP contribution in [0.25, 0.3) is 0 Å². The number of Topliss-reactive ketones (excluding diaryl/α,β-unsaturated/α-hetero) is 1. The average Bonchev–Trinajstić information content (AvgIpc) is 2.55. The highest BCUT2D eigenvalue weighted by Gasteiger charge is 2.31. The van der Waals surface area contributed by atoms with E-state index >= 15 is 0 Å². The smallest absolute Gasteiger partial charge is 0.197 e. The van der Waals surface area contributed by atoms with Gasteiger partial charge in [-0.05, 0) is 31.5 Å². The third-order valence-corrected chi connectivity index (χ3v) is 3.23. The van der Waals surface area contributed by atoms with Crippen LogP contribution in [0.4, 0.5) is 0 Å². The molecule has 0 aromatic heterocycles. The molecule has 0 unspecified atom stereocenters. The van der Waals surface area contributed by atoms with Gasteiger partial charge < -0.3 is 4.74 Å². The van der Waals surface area contributed by atoms with Crippen molar-refractivity contribution >= 4 is 5.78 Å². The first-order valence-electron chi connectivity index (χ1n) is 7.06. The van der Waals surface area contributed by atoms with Gasteiger partial charge in [0.05, 0.1) is 7.11 Å². The standard InChI is InChI=1S/C18H20O4/c1-18(2,17(19)15-7-5-4-6-8-15)22-21-13-14-9-11-16(20-3)12-10-14/h4-12H,13H2,1-3H3. The summed E-state index contributed by atoms with van der Waals surface area (Å²) in [6, 6.07) is 16.5. The fourth-order valence-corrected chi connectivity index (χ4v) is 1.94. The Balaban J connectivity index is 1.90. The fourth-order valence-electron chi connectivity index (χ4n) is 1.94. The molecule has 0 saturated carbocycles. The normalized spacial score (nSPS) is 11.2. The van der Waals surface area contributed by atoms with Crippen molar-refractivity contribution in [3.05, 3.63) is 65.7 Å². The van der Waals surface area contributed by atoms with E-state index in [1.165, 1.54) is 0 Å². The molecular weight excluding hydrogens is 280 g/mol. The predicted octanol–water partition coefficient (Wildman–Crippen LogP) is 3.80. The zero-order valence-corrected chi connectivity index (χ0v) is 13.0. The van der Waals surface area contributed by atoms with E-state index in [-0.39, 0.29) is 12.4 Å². The average molecular weight is 300 g/mol. The molecule has 0 atom stereocenters. The zero-order valence-electron chi connectivity index (χ0n) is 13.0. The highest BCUT2D eigenvalue weighted by molar-refractivity contribution is 6.01. The van der Waals surface area contributed by atoms with Crippen LogP contribution in [0, 0.1) is 0 Å². The second-order valence-corrected chi connectivity index (χ2v) is 5.40. The molecule has 0 N–H and O–H groups in total. The van der Waals surface area contributed by atoms with Gasteiger partial charge in [0.2, 0.25) is 0 Å². The van der Waals surface area contributed by atoms with Crippen LogP contribution < -0.4 is 4.74 Å². The summed E-state index contributed by atoms with van der Waals surface area (Å²) in [6.07, 6.45) is 0. The summed E-state index contributed by atoms with van der Waals surface area (Å²) in [6.45, 7) is 3.64. The molecule has 0 saturated heterocycles. The largest absolute Gasteiger partial charge is 0.497 e. The zero-order chi connectivity index (χ0) is 16.0. The van der Waals surface area contributed by atoms with Crippen LogP contribution in [-0.2, 0) is 16.4 Å². The third-order valence-electron chi connectivity index (χ3n) is 3.23. The van der Waals surface area contributed by atoms with Crippen molar-refractivity contribution in [1.82, 2.24) is 0 Å². The Labute approximate surface area is 130 Å². The van der Waals surface area contributed by atoms with E-state index in [9.17, 15) is 4.79 Å². The minimum atomic E-state index is -1.05. The summed E-state index contributed by atoms with van der Waals surface area (Å²) in [4.78, 5) is 22.9. The summed E-state index contributed by atoms with van der Waals surface area (Å²) >= 11 is 0. The van der Waals surface area contributed by atoms with Crippen LogP contribution >= 0.6 is 0 Å². The lowest BCUT2D eigenvalue weighted by Crippen LogP contribution is -2.35. The number of benzene rings is 2. The molecule has 0 aliphatic rings. The van der Waals surface area contributed by atoms with Crippen molar-refractivity contribution in [2.75, 3.05) is 7.11 Å². The maximum atomic E-state index is 12.4. The van der Waals surface area contributed by atoms with E-state index in [0.717, 1.165) is 11.3 Å². The molecule has 22 heavy (non-hydrogen) atoms. The van der Waals surface area contributed by atoms with Gasteiger partial charge in [0.1, 0.15) is 12.4 Å². The van der Waals surface area contributed by atoms with E-state index < -0.39 is 5.60 Å². The van der Waals surface area contributed by atoms with Gasteiger partial charge in [0.25, 0.3) is 0 Å². The first-order chi connectivity index (χ1) is 10.5. The molecule has 2 aromatic rings. The van der Waals surface area contributed by atoms with E-state index in [1.807, 2.05) is 42.5 Å². The molecule has 0 heterocycles. The topological polar surface area (TPSA) is 44.8 Å². The lowest BCUT2D eigenvalue weighted by atomic mass is 9.97. The number of hydrogen-bond acceptors (Lipinski definition) is 4. The van der Waals surface area contributed by atoms with Crippen molar-refractivity contribution < 1.29 is 19.3 Å². The highest BCUT2D eigenvalue weighted by Crippen LogP contribution is 2.19. The van der Waals surface area contributed by atoms with Crippen molar-refractivity contribution in [3.8, 4) is 5.75 Å². The molecule has 0 amide bonds. The minimum absolute atomic E-state index is 0.122. The molecular formula is C18H20O4. The van der Waals surface area contributed by atoms with Crippen LogP contribution in [0.3, 0.4) is 0 Å². The van der Waals surface area contributed by atoms with Crippen molar-refractivity contribution in [2.45, 2.75) is 26.1 Å². The van der Waals surface area contributed by atoms with Crippen molar-refractivity contribution in [1.29, 1.82) is 0 Å². The number of ketones is 1. The van der Waals surface area contributed by atoms with Crippen molar-refractivity contribution in [2.24, 2.45) is 0 Å². The summed E-state index contributed by atoms with van der Waals surface area (Å²) < 4.78 is 5.09. The van der Waals surface area contributed by atoms with Gasteiger partial charge in [-0.15, -0.1) is 0 Å². The third kappa shape index (κ3) is 4.16. The van der Waals surface area contributed by atoms with E-state index in [4.69, 9.17) is 14.5 Å². The number of methoxy groups -OCH3 is 1. The number of carbonyl (C=O) groups is 1. The van der Waals surface area contributed by atoms with Gasteiger partial charge >= 0.3 is 0 Å². The molecule has 0 aliphatic heterocycles. The monoisotopic (exact) mass is 300 g/mol. The molecule has 0 spiro atoms. The first kappa shape index (κ1) is 16.2. The fraction of sp³-hybridized carbons (Fsp3) is 0.278. The number of hydrogen-bond donors (Lipinski definition) is 0. The van der Waals surface area contributed by atoms with E-state index in [0.29, 0.717) is 5.56 Å². The summed E-state index contributed by atoms with van der Waals surface area (Å²) in [5.74, 6) is 0.659. The molecule has 0 fully saturated rings. The van der Waals surface area contributed by atoms with Gasteiger partial charge in [0, 0.05) is 5.56 Å². The highest BCUT2D eigenvalue weighted by atomic mass is 17.2. The molecule has 4 heteroatoms. The number of rotatable bonds is 7. The Morgan fingerprint density at radius 3 is 2.23 bits per heavy atom. The lowest BCUT2D eigenvalue weighted by molar-refractivity contribution is -0.345. The molecule has 0 aliphatic carbocycles. The van der Waals surface area contributed by atoms with Gasteiger partial charge in [-0.1, -0.05) is 42.5 Å². The van der Waals surface area contributed by atoms with Gasteiger partial charge in [-0.3, -0.25) is 4.79 Å². The molecule has 4 nitrogen and oxygen atoms in total. The number of carbonyl (C=O) groups excluding carboxylic acids is 1. The Morgan fingerprint density at radius 2 is 1.64 bits per heavy atom. The SMILES string of the molecule is COc1ccc(COOC(C)(C)C(=O)c2ccccc2)cc1.